The van der Waals surface area contributed by atoms with E-state index < -0.39 is 0 Å². The van der Waals surface area contributed by atoms with Crippen LogP contribution in [0.25, 0.3) is 0 Å². The molecule has 2 aromatic carbocycles. The van der Waals surface area contributed by atoms with Crippen molar-refractivity contribution < 1.29 is 0 Å². The Balaban J connectivity index is 1.78. The molecule has 4 nitrogen and oxygen atoms in total. The molecule has 0 aliphatic carbocycles. The molecule has 3 aromatic rings. The SMILES string of the molecule is CCc1ccc(Nc2nc(C)cc(Nc3ccc(Cl)cc3)n2)cc1. The van der Waals surface area contributed by atoms with Crippen LogP contribution in [0.15, 0.2) is 54.6 Å². The fourth-order valence-electron chi connectivity index (χ4n) is 2.32. The van der Waals surface area contributed by atoms with E-state index in [2.05, 4.69) is 39.7 Å². The molecule has 0 atom stereocenters. The number of aryl methyl sites for hydroxylation is 2. The number of rotatable bonds is 5. The van der Waals surface area contributed by atoms with Gasteiger partial charge in [0.1, 0.15) is 5.82 Å². The molecule has 0 saturated carbocycles. The topological polar surface area (TPSA) is 49.8 Å². The molecule has 0 aliphatic rings. The summed E-state index contributed by atoms with van der Waals surface area (Å²) >= 11 is 5.91. The number of nitrogens with one attached hydrogen (secondary N) is 2. The number of anilines is 4. The van der Waals surface area contributed by atoms with Crippen molar-refractivity contribution in [2.75, 3.05) is 10.6 Å². The third-order valence-corrected chi connectivity index (χ3v) is 3.84. The molecule has 0 bridgehead atoms. The van der Waals surface area contributed by atoms with Crippen LogP contribution in [0.5, 0.6) is 0 Å². The molecular formula is C19H19ClN4. The van der Waals surface area contributed by atoms with Crippen LogP contribution in [0.1, 0.15) is 18.2 Å². The summed E-state index contributed by atoms with van der Waals surface area (Å²) in [4.78, 5) is 8.97. The van der Waals surface area contributed by atoms with E-state index >= 15 is 0 Å². The molecule has 0 radical (unpaired) electrons. The molecule has 3 rings (SSSR count). The summed E-state index contributed by atoms with van der Waals surface area (Å²) in [5.74, 6) is 1.30. The van der Waals surface area contributed by atoms with E-state index in [4.69, 9.17) is 11.6 Å². The average molecular weight is 339 g/mol. The highest BCUT2D eigenvalue weighted by Crippen LogP contribution is 2.21. The Morgan fingerprint density at radius 1 is 0.875 bits per heavy atom. The van der Waals surface area contributed by atoms with Crippen LogP contribution in [0.3, 0.4) is 0 Å². The van der Waals surface area contributed by atoms with Crippen molar-refractivity contribution in [1.29, 1.82) is 0 Å². The molecule has 0 unspecified atom stereocenters. The summed E-state index contributed by atoms with van der Waals surface area (Å²) in [6.07, 6.45) is 1.02. The van der Waals surface area contributed by atoms with E-state index in [9.17, 15) is 0 Å². The number of halogens is 1. The largest absolute Gasteiger partial charge is 0.340 e. The van der Waals surface area contributed by atoms with Gasteiger partial charge in [-0.1, -0.05) is 30.7 Å². The maximum atomic E-state index is 5.91. The fraction of sp³-hybridized carbons (Fsp3) is 0.158. The average Bonchev–Trinajstić information content (AvgIpc) is 2.57. The molecular weight excluding hydrogens is 320 g/mol. The zero-order valence-corrected chi connectivity index (χ0v) is 14.4. The van der Waals surface area contributed by atoms with Crippen molar-refractivity contribution in [1.82, 2.24) is 9.97 Å². The van der Waals surface area contributed by atoms with E-state index in [1.807, 2.05) is 49.4 Å². The molecule has 122 valence electrons. The molecule has 0 fully saturated rings. The van der Waals surface area contributed by atoms with Crippen molar-refractivity contribution in [3.8, 4) is 0 Å². The predicted octanol–water partition coefficient (Wildman–Crippen LogP) is 5.49. The van der Waals surface area contributed by atoms with Gasteiger partial charge in [-0.2, -0.15) is 4.98 Å². The minimum absolute atomic E-state index is 0.565. The van der Waals surface area contributed by atoms with Crippen molar-refractivity contribution in [3.05, 3.63) is 70.9 Å². The van der Waals surface area contributed by atoms with Gasteiger partial charge < -0.3 is 10.6 Å². The van der Waals surface area contributed by atoms with Gasteiger partial charge >= 0.3 is 0 Å². The molecule has 0 aliphatic heterocycles. The first-order valence-electron chi connectivity index (χ1n) is 7.86. The van der Waals surface area contributed by atoms with Gasteiger partial charge in [-0.3, -0.25) is 0 Å². The smallest absolute Gasteiger partial charge is 0.229 e. The highest BCUT2D eigenvalue weighted by molar-refractivity contribution is 6.30. The van der Waals surface area contributed by atoms with Crippen molar-refractivity contribution in [3.63, 3.8) is 0 Å². The van der Waals surface area contributed by atoms with Crippen molar-refractivity contribution >= 4 is 34.7 Å². The second-order valence-electron chi connectivity index (χ2n) is 5.53. The van der Waals surface area contributed by atoms with Gasteiger partial charge in [0, 0.05) is 28.2 Å². The molecule has 2 N–H and O–H groups in total. The van der Waals surface area contributed by atoms with E-state index in [0.29, 0.717) is 11.0 Å². The van der Waals surface area contributed by atoms with Gasteiger partial charge in [-0.15, -0.1) is 0 Å². The van der Waals surface area contributed by atoms with Crippen LogP contribution in [0.2, 0.25) is 5.02 Å². The van der Waals surface area contributed by atoms with Crippen LogP contribution in [0.4, 0.5) is 23.1 Å². The third kappa shape index (κ3) is 4.24. The summed E-state index contributed by atoms with van der Waals surface area (Å²) in [7, 11) is 0. The standard InChI is InChI=1S/C19H19ClN4/c1-3-14-4-8-17(9-5-14)23-19-21-13(2)12-18(24-19)22-16-10-6-15(20)7-11-16/h4-12H,3H2,1-2H3,(H2,21,22,23,24). The van der Waals surface area contributed by atoms with Gasteiger partial charge in [0.05, 0.1) is 0 Å². The number of benzene rings is 2. The Kier molecular flexibility index (Phi) is 4.96. The second kappa shape index (κ2) is 7.32. The minimum atomic E-state index is 0.565. The van der Waals surface area contributed by atoms with E-state index in [1.165, 1.54) is 5.56 Å². The van der Waals surface area contributed by atoms with E-state index in [-0.39, 0.29) is 0 Å². The lowest BCUT2D eigenvalue weighted by atomic mass is 10.1. The van der Waals surface area contributed by atoms with Crippen molar-refractivity contribution in [2.24, 2.45) is 0 Å². The zero-order valence-electron chi connectivity index (χ0n) is 13.7. The Bertz CT molecular complexity index is 814. The molecule has 0 amide bonds. The van der Waals surface area contributed by atoms with Crippen LogP contribution < -0.4 is 10.6 Å². The number of aromatic nitrogens is 2. The van der Waals surface area contributed by atoms with Gasteiger partial charge in [-0.05, 0) is 55.3 Å². The Hall–Kier alpha value is -2.59. The lowest BCUT2D eigenvalue weighted by Crippen LogP contribution is -2.02. The highest BCUT2D eigenvalue weighted by Gasteiger charge is 2.04. The first-order valence-corrected chi connectivity index (χ1v) is 8.24. The quantitative estimate of drug-likeness (QED) is 0.646. The molecule has 1 heterocycles. The third-order valence-electron chi connectivity index (χ3n) is 3.59. The zero-order chi connectivity index (χ0) is 16.9. The highest BCUT2D eigenvalue weighted by atomic mass is 35.5. The Morgan fingerprint density at radius 3 is 2.17 bits per heavy atom. The maximum Gasteiger partial charge on any atom is 0.229 e. The predicted molar refractivity (Wildman–Crippen MR) is 101 cm³/mol. The van der Waals surface area contributed by atoms with Crippen LogP contribution in [-0.4, -0.2) is 9.97 Å². The minimum Gasteiger partial charge on any atom is -0.340 e. The number of hydrogen-bond donors (Lipinski definition) is 2. The lowest BCUT2D eigenvalue weighted by molar-refractivity contribution is 1.10. The molecule has 24 heavy (non-hydrogen) atoms. The fourth-order valence-corrected chi connectivity index (χ4v) is 2.45. The molecule has 1 aromatic heterocycles. The van der Waals surface area contributed by atoms with E-state index in [1.54, 1.807) is 0 Å². The number of nitrogens with zero attached hydrogens (tertiary/aromatic N) is 2. The first kappa shape index (κ1) is 16.3. The summed E-state index contributed by atoms with van der Waals surface area (Å²) in [6, 6.07) is 17.7. The Morgan fingerprint density at radius 2 is 1.50 bits per heavy atom. The summed E-state index contributed by atoms with van der Waals surface area (Å²) < 4.78 is 0. The molecule has 0 spiro atoms. The van der Waals surface area contributed by atoms with Gasteiger partial charge in [0.2, 0.25) is 5.95 Å². The van der Waals surface area contributed by atoms with Crippen LogP contribution in [-0.2, 0) is 6.42 Å². The van der Waals surface area contributed by atoms with E-state index in [0.717, 1.165) is 29.3 Å². The monoisotopic (exact) mass is 338 g/mol. The van der Waals surface area contributed by atoms with Crippen molar-refractivity contribution in [2.45, 2.75) is 20.3 Å². The molecule has 0 saturated heterocycles. The van der Waals surface area contributed by atoms with Gasteiger partial charge in [-0.25, -0.2) is 4.98 Å². The van der Waals surface area contributed by atoms with Gasteiger partial charge in [0.15, 0.2) is 0 Å². The number of hydrogen-bond acceptors (Lipinski definition) is 4. The first-order chi connectivity index (χ1) is 11.6. The summed E-state index contributed by atoms with van der Waals surface area (Å²) in [6.45, 7) is 4.08. The summed E-state index contributed by atoms with van der Waals surface area (Å²) in [5.41, 5.74) is 4.08. The second-order valence-corrected chi connectivity index (χ2v) is 5.96. The summed E-state index contributed by atoms with van der Waals surface area (Å²) in [5, 5.41) is 7.22. The maximum absolute atomic E-state index is 5.91. The molecule has 5 heteroatoms. The lowest BCUT2D eigenvalue weighted by Gasteiger charge is -2.10. The van der Waals surface area contributed by atoms with Gasteiger partial charge in [0.25, 0.3) is 0 Å². The Labute approximate surface area is 146 Å². The van der Waals surface area contributed by atoms with Crippen LogP contribution in [0, 0.1) is 6.92 Å². The van der Waals surface area contributed by atoms with Crippen LogP contribution >= 0.6 is 11.6 Å². The normalized spacial score (nSPS) is 10.5.